The molecule has 2 aromatic rings. The molecule has 0 amide bonds. The Hall–Kier alpha value is -2.10. The van der Waals surface area contributed by atoms with Crippen LogP contribution in [0.5, 0.6) is 0 Å². The maximum absolute atomic E-state index is 11.4. The van der Waals surface area contributed by atoms with Crippen LogP contribution in [0.15, 0.2) is 49.1 Å². The fourth-order valence-corrected chi connectivity index (χ4v) is 2.75. The lowest BCUT2D eigenvalue weighted by Gasteiger charge is -2.45. The van der Waals surface area contributed by atoms with Crippen LogP contribution in [-0.4, -0.2) is 22.1 Å². The van der Waals surface area contributed by atoms with Gasteiger partial charge in [-0.1, -0.05) is 51.1 Å². The van der Waals surface area contributed by atoms with Gasteiger partial charge in [-0.15, -0.1) is 0 Å². The van der Waals surface area contributed by atoms with Crippen LogP contribution in [0, 0.1) is 5.41 Å². The van der Waals surface area contributed by atoms with E-state index in [4.69, 9.17) is 4.74 Å². The van der Waals surface area contributed by atoms with Gasteiger partial charge in [-0.25, -0.2) is 4.98 Å². The van der Waals surface area contributed by atoms with E-state index in [1.54, 1.807) is 12.5 Å². The summed E-state index contributed by atoms with van der Waals surface area (Å²) in [7, 11) is 0. The zero-order valence-corrected chi connectivity index (χ0v) is 13.0. The summed E-state index contributed by atoms with van der Waals surface area (Å²) in [6, 6.07) is 10.1. The molecular formula is C17H22N2O2. The van der Waals surface area contributed by atoms with Crippen LogP contribution in [0.1, 0.15) is 33.3 Å². The molecular weight excluding hydrogens is 264 g/mol. The predicted molar refractivity (Wildman–Crippen MR) is 81.8 cm³/mol. The van der Waals surface area contributed by atoms with Crippen LogP contribution in [-0.2, 0) is 15.1 Å². The number of aromatic nitrogens is 2. The van der Waals surface area contributed by atoms with Gasteiger partial charge in [0.15, 0.2) is 0 Å². The van der Waals surface area contributed by atoms with Crippen molar-refractivity contribution in [3.8, 4) is 0 Å². The molecule has 0 bridgehead atoms. The highest BCUT2D eigenvalue weighted by molar-refractivity contribution is 5.66. The summed E-state index contributed by atoms with van der Waals surface area (Å²) >= 11 is 0. The van der Waals surface area contributed by atoms with Crippen LogP contribution in [0.2, 0.25) is 0 Å². The average molecular weight is 286 g/mol. The van der Waals surface area contributed by atoms with Crippen molar-refractivity contribution < 1.29 is 9.53 Å². The highest BCUT2D eigenvalue weighted by Crippen LogP contribution is 2.43. The Bertz CT molecular complexity index is 585. The number of esters is 1. The Labute approximate surface area is 125 Å². The number of carbonyl (C=O) groups is 1. The zero-order valence-electron chi connectivity index (χ0n) is 13.0. The van der Waals surface area contributed by atoms with E-state index in [1.165, 1.54) is 6.92 Å². The second-order valence-electron chi connectivity index (χ2n) is 6.23. The Morgan fingerprint density at radius 1 is 1.24 bits per heavy atom. The topological polar surface area (TPSA) is 44.1 Å². The maximum atomic E-state index is 11.4. The van der Waals surface area contributed by atoms with Gasteiger partial charge in [0, 0.05) is 19.3 Å². The summed E-state index contributed by atoms with van der Waals surface area (Å²) in [6.07, 6.45) is 5.45. The van der Waals surface area contributed by atoms with Crippen molar-refractivity contribution >= 4 is 5.97 Å². The van der Waals surface area contributed by atoms with Gasteiger partial charge in [0.2, 0.25) is 0 Å². The number of carbonyl (C=O) groups excluding carboxylic acids is 1. The minimum atomic E-state index is -0.504. The Balaban J connectivity index is 2.62. The number of nitrogens with zero attached hydrogens (tertiary/aromatic N) is 2. The molecule has 0 N–H and O–H groups in total. The minimum Gasteiger partial charge on any atom is -0.463 e. The molecule has 1 aromatic heterocycles. The zero-order chi connectivity index (χ0) is 15.5. The van der Waals surface area contributed by atoms with Gasteiger partial charge < -0.3 is 9.30 Å². The monoisotopic (exact) mass is 286 g/mol. The number of ether oxygens (including phenoxy) is 1. The molecule has 0 aliphatic rings. The van der Waals surface area contributed by atoms with Crippen molar-refractivity contribution in [3.05, 3.63) is 54.6 Å². The second-order valence-corrected chi connectivity index (χ2v) is 6.23. The molecule has 1 atom stereocenters. The third-order valence-corrected chi connectivity index (χ3v) is 3.92. The third kappa shape index (κ3) is 2.84. The number of rotatable bonds is 4. The van der Waals surface area contributed by atoms with Crippen LogP contribution in [0.4, 0.5) is 0 Å². The third-order valence-electron chi connectivity index (χ3n) is 3.92. The van der Waals surface area contributed by atoms with Gasteiger partial charge in [-0.05, 0) is 11.0 Å². The molecule has 0 saturated carbocycles. The van der Waals surface area contributed by atoms with E-state index in [1.807, 2.05) is 29.0 Å². The highest BCUT2D eigenvalue weighted by atomic mass is 16.5. The lowest BCUT2D eigenvalue weighted by Crippen LogP contribution is -2.50. The molecule has 21 heavy (non-hydrogen) atoms. The molecule has 0 aliphatic heterocycles. The first-order valence-electron chi connectivity index (χ1n) is 7.05. The lowest BCUT2D eigenvalue weighted by molar-refractivity contribution is -0.145. The molecule has 0 aliphatic carbocycles. The van der Waals surface area contributed by atoms with Gasteiger partial charge in [0.05, 0.1) is 6.33 Å². The largest absolute Gasteiger partial charge is 0.463 e. The molecule has 1 unspecified atom stereocenters. The van der Waals surface area contributed by atoms with E-state index in [9.17, 15) is 4.79 Å². The lowest BCUT2D eigenvalue weighted by atomic mass is 9.69. The normalized spacial score (nSPS) is 14.5. The second kappa shape index (κ2) is 5.72. The number of benzene rings is 1. The Kier molecular flexibility index (Phi) is 4.16. The summed E-state index contributed by atoms with van der Waals surface area (Å²) in [6.45, 7) is 8.13. The van der Waals surface area contributed by atoms with Gasteiger partial charge >= 0.3 is 5.97 Å². The maximum Gasteiger partial charge on any atom is 0.302 e. The number of hydrogen-bond donors (Lipinski definition) is 0. The highest BCUT2D eigenvalue weighted by Gasteiger charge is 2.46. The molecule has 0 saturated heterocycles. The van der Waals surface area contributed by atoms with Crippen LogP contribution < -0.4 is 0 Å². The Morgan fingerprint density at radius 2 is 1.90 bits per heavy atom. The van der Waals surface area contributed by atoms with Crippen molar-refractivity contribution in [1.29, 1.82) is 0 Å². The first-order chi connectivity index (χ1) is 9.88. The van der Waals surface area contributed by atoms with Gasteiger partial charge in [0.1, 0.15) is 12.1 Å². The fourth-order valence-electron chi connectivity index (χ4n) is 2.75. The van der Waals surface area contributed by atoms with Crippen LogP contribution in [0.25, 0.3) is 0 Å². The predicted octanol–water partition coefficient (Wildman–Crippen LogP) is 3.24. The van der Waals surface area contributed by atoms with E-state index < -0.39 is 5.54 Å². The average Bonchev–Trinajstić information content (AvgIpc) is 2.93. The van der Waals surface area contributed by atoms with E-state index in [2.05, 4.69) is 37.9 Å². The van der Waals surface area contributed by atoms with Crippen molar-refractivity contribution in [3.63, 3.8) is 0 Å². The SMILES string of the molecule is CC(=O)OCC(c1ccccc1)(n1ccnc1)C(C)(C)C. The quantitative estimate of drug-likeness (QED) is 0.810. The molecule has 0 radical (unpaired) electrons. The molecule has 112 valence electrons. The van der Waals surface area contributed by atoms with Crippen molar-refractivity contribution in [2.24, 2.45) is 5.41 Å². The van der Waals surface area contributed by atoms with Gasteiger partial charge in [0.25, 0.3) is 0 Å². The van der Waals surface area contributed by atoms with E-state index in [-0.39, 0.29) is 18.0 Å². The number of hydrogen-bond acceptors (Lipinski definition) is 3. The Morgan fingerprint density at radius 3 is 2.38 bits per heavy atom. The molecule has 4 nitrogen and oxygen atoms in total. The summed E-state index contributed by atoms with van der Waals surface area (Å²) in [5.41, 5.74) is 0.415. The smallest absolute Gasteiger partial charge is 0.302 e. The first kappa shape index (κ1) is 15.3. The van der Waals surface area contributed by atoms with Gasteiger partial charge in [-0.3, -0.25) is 4.79 Å². The number of imidazole rings is 1. The van der Waals surface area contributed by atoms with Crippen molar-refractivity contribution in [2.45, 2.75) is 33.2 Å². The van der Waals surface area contributed by atoms with E-state index >= 15 is 0 Å². The summed E-state index contributed by atoms with van der Waals surface area (Å²) < 4.78 is 7.46. The van der Waals surface area contributed by atoms with Crippen LogP contribution in [0.3, 0.4) is 0 Å². The standard InChI is InChI=1S/C17H22N2O2/c1-14(20)21-12-17(16(2,3)4,19-11-10-18-13-19)15-8-6-5-7-9-15/h5-11,13H,12H2,1-4H3. The molecule has 4 heteroatoms. The molecule has 0 spiro atoms. The van der Waals surface area contributed by atoms with Gasteiger partial charge in [-0.2, -0.15) is 0 Å². The van der Waals surface area contributed by atoms with Crippen molar-refractivity contribution in [1.82, 2.24) is 9.55 Å². The fraction of sp³-hybridized carbons (Fsp3) is 0.412. The first-order valence-corrected chi connectivity index (χ1v) is 7.05. The summed E-state index contributed by atoms with van der Waals surface area (Å²) in [5.74, 6) is -0.278. The minimum absolute atomic E-state index is 0.176. The summed E-state index contributed by atoms with van der Waals surface area (Å²) in [4.78, 5) is 15.5. The summed E-state index contributed by atoms with van der Waals surface area (Å²) in [5, 5.41) is 0. The van der Waals surface area contributed by atoms with E-state index in [0.29, 0.717) is 0 Å². The van der Waals surface area contributed by atoms with Crippen molar-refractivity contribution in [2.75, 3.05) is 6.61 Å². The molecule has 1 heterocycles. The molecule has 2 rings (SSSR count). The molecule has 0 fully saturated rings. The van der Waals surface area contributed by atoms with E-state index in [0.717, 1.165) is 5.56 Å². The van der Waals surface area contributed by atoms with Crippen LogP contribution >= 0.6 is 0 Å². The molecule has 1 aromatic carbocycles.